The van der Waals surface area contributed by atoms with Crippen molar-refractivity contribution in [3.8, 4) is 6.07 Å². The molecule has 0 bridgehead atoms. The predicted molar refractivity (Wildman–Crippen MR) is 68.8 cm³/mol. The van der Waals surface area contributed by atoms with Gasteiger partial charge in [-0.05, 0) is 31.5 Å². The molecule has 0 radical (unpaired) electrons. The van der Waals surface area contributed by atoms with Gasteiger partial charge in [0, 0.05) is 0 Å². The number of aromatic nitrogens is 1. The fraction of sp³-hybridized carbons (Fsp3) is 0.385. The van der Waals surface area contributed by atoms with E-state index in [0.717, 1.165) is 18.5 Å². The van der Waals surface area contributed by atoms with Gasteiger partial charge in [0.15, 0.2) is 0 Å². The highest BCUT2D eigenvalue weighted by molar-refractivity contribution is 7.18. The Hall–Kier alpha value is -1.44. The fourth-order valence-electron chi connectivity index (χ4n) is 2.42. The molecule has 17 heavy (non-hydrogen) atoms. The van der Waals surface area contributed by atoms with Gasteiger partial charge in [0.2, 0.25) is 0 Å². The standard InChI is InChI=1S/C13H13N3S/c14-7-9-16-8-3-5-11(16)13-15-10-4-1-2-6-12(10)17-13/h1-2,4,6,11H,3,5,8-9H2/t11-/m1/s1. The molecule has 1 aromatic heterocycles. The van der Waals surface area contributed by atoms with E-state index in [2.05, 4.69) is 23.1 Å². The number of rotatable bonds is 2. The molecular formula is C13H13N3S. The van der Waals surface area contributed by atoms with Crippen LogP contribution in [0, 0.1) is 11.3 Å². The van der Waals surface area contributed by atoms with Gasteiger partial charge in [-0.2, -0.15) is 5.26 Å². The summed E-state index contributed by atoms with van der Waals surface area (Å²) in [6.07, 6.45) is 2.30. The molecule has 1 aliphatic rings. The van der Waals surface area contributed by atoms with Gasteiger partial charge in [-0.25, -0.2) is 4.98 Å². The van der Waals surface area contributed by atoms with Gasteiger partial charge >= 0.3 is 0 Å². The van der Waals surface area contributed by atoms with E-state index in [0.29, 0.717) is 12.6 Å². The molecule has 0 unspecified atom stereocenters. The Labute approximate surface area is 104 Å². The molecule has 0 aliphatic carbocycles. The van der Waals surface area contributed by atoms with Gasteiger partial charge in [0.1, 0.15) is 5.01 Å². The van der Waals surface area contributed by atoms with Gasteiger partial charge in [-0.3, -0.25) is 4.90 Å². The molecule has 1 atom stereocenters. The molecule has 0 amide bonds. The van der Waals surface area contributed by atoms with E-state index in [1.54, 1.807) is 11.3 Å². The minimum Gasteiger partial charge on any atom is -0.281 e. The SMILES string of the molecule is N#CCN1CCC[C@@H]1c1nc2ccccc2s1. The number of fused-ring (bicyclic) bond motifs is 1. The lowest BCUT2D eigenvalue weighted by Crippen LogP contribution is -2.23. The Morgan fingerprint density at radius 3 is 3.18 bits per heavy atom. The van der Waals surface area contributed by atoms with E-state index in [1.807, 2.05) is 12.1 Å². The van der Waals surface area contributed by atoms with Crippen molar-refractivity contribution < 1.29 is 0 Å². The van der Waals surface area contributed by atoms with E-state index in [4.69, 9.17) is 10.2 Å². The Kier molecular flexibility index (Phi) is 2.79. The molecule has 3 nitrogen and oxygen atoms in total. The fourth-order valence-corrected chi connectivity index (χ4v) is 3.56. The van der Waals surface area contributed by atoms with Crippen molar-refractivity contribution in [3.05, 3.63) is 29.3 Å². The van der Waals surface area contributed by atoms with Gasteiger partial charge < -0.3 is 0 Å². The molecule has 3 rings (SSSR count). The number of hydrogen-bond acceptors (Lipinski definition) is 4. The summed E-state index contributed by atoms with van der Waals surface area (Å²) in [5.41, 5.74) is 1.08. The largest absolute Gasteiger partial charge is 0.281 e. The van der Waals surface area contributed by atoms with Crippen molar-refractivity contribution in [3.63, 3.8) is 0 Å². The van der Waals surface area contributed by atoms with Gasteiger partial charge in [0.25, 0.3) is 0 Å². The lowest BCUT2D eigenvalue weighted by atomic mass is 10.2. The topological polar surface area (TPSA) is 39.9 Å². The second-order valence-corrected chi connectivity index (χ2v) is 5.37. The number of benzene rings is 1. The summed E-state index contributed by atoms with van der Waals surface area (Å²) in [5, 5.41) is 9.99. The Morgan fingerprint density at radius 2 is 2.35 bits per heavy atom. The van der Waals surface area contributed by atoms with E-state index >= 15 is 0 Å². The van der Waals surface area contributed by atoms with Crippen LogP contribution in [0.3, 0.4) is 0 Å². The average molecular weight is 243 g/mol. The predicted octanol–water partition coefficient (Wildman–Crippen LogP) is 2.96. The summed E-state index contributed by atoms with van der Waals surface area (Å²) in [7, 11) is 0. The van der Waals surface area contributed by atoms with Crippen LogP contribution in [0.25, 0.3) is 10.2 Å². The summed E-state index contributed by atoms with van der Waals surface area (Å²) in [6, 6.07) is 10.8. The first kappa shape index (κ1) is 10.7. The maximum atomic E-state index is 8.82. The summed E-state index contributed by atoms with van der Waals surface area (Å²) in [6.45, 7) is 1.54. The van der Waals surface area contributed by atoms with Crippen molar-refractivity contribution in [1.29, 1.82) is 5.26 Å². The Bertz CT molecular complexity index is 536. The second kappa shape index (κ2) is 4.44. The molecule has 86 valence electrons. The highest BCUT2D eigenvalue weighted by Crippen LogP contribution is 2.35. The van der Waals surface area contributed by atoms with Crippen molar-refractivity contribution in [1.82, 2.24) is 9.88 Å². The second-order valence-electron chi connectivity index (χ2n) is 4.31. The van der Waals surface area contributed by atoms with E-state index in [-0.39, 0.29) is 0 Å². The van der Waals surface area contributed by atoms with Crippen LogP contribution in [0.5, 0.6) is 0 Å². The van der Waals surface area contributed by atoms with Crippen LogP contribution in [-0.2, 0) is 0 Å². The summed E-state index contributed by atoms with van der Waals surface area (Å²) in [5.74, 6) is 0. The van der Waals surface area contributed by atoms with Gasteiger partial charge in [0.05, 0.1) is 28.9 Å². The number of likely N-dealkylation sites (tertiary alicyclic amines) is 1. The Morgan fingerprint density at radius 1 is 1.47 bits per heavy atom. The number of nitriles is 1. The van der Waals surface area contributed by atoms with Crippen LogP contribution in [-0.4, -0.2) is 23.0 Å². The number of thiazole rings is 1. The Balaban J connectivity index is 1.95. The van der Waals surface area contributed by atoms with Crippen molar-refractivity contribution in [2.45, 2.75) is 18.9 Å². The van der Waals surface area contributed by atoms with E-state index < -0.39 is 0 Å². The van der Waals surface area contributed by atoms with E-state index in [1.165, 1.54) is 16.1 Å². The van der Waals surface area contributed by atoms with Crippen LogP contribution in [0.2, 0.25) is 0 Å². The third kappa shape index (κ3) is 1.92. The summed E-state index contributed by atoms with van der Waals surface area (Å²) < 4.78 is 1.24. The molecule has 1 saturated heterocycles. The minimum absolute atomic E-state index is 0.354. The highest BCUT2D eigenvalue weighted by Gasteiger charge is 2.28. The molecular weight excluding hydrogens is 230 g/mol. The molecule has 0 spiro atoms. The van der Waals surface area contributed by atoms with Crippen molar-refractivity contribution in [2.24, 2.45) is 0 Å². The van der Waals surface area contributed by atoms with Crippen LogP contribution in [0.15, 0.2) is 24.3 Å². The summed E-state index contributed by atoms with van der Waals surface area (Å²) >= 11 is 1.76. The normalized spacial score (nSPS) is 20.8. The third-order valence-electron chi connectivity index (χ3n) is 3.23. The first-order chi connectivity index (χ1) is 8.38. The van der Waals surface area contributed by atoms with Crippen LogP contribution < -0.4 is 0 Å². The van der Waals surface area contributed by atoms with Crippen LogP contribution >= 0.6 is 11.3 Å². The number of para-hydroxylation sites is 1. The van der Waals surface area contributed by atoms with E-state index in [9.17, 15) is 0 Å². The first-order valence-corrected chi connectivity index (χ1v) is 6.66. The quantitative estimate of drug-likeness (QED) is 0.761. The molecule has 4 heteroatoms. The monoisotopic (exact) mass is 243 g/mol. The molecule has 1 aliphatic heterocycles. The molecule has 0 N–H and O–H groups in total. The lowest BCUT2D eigenvalue weighted by molar-refractivity contribution is 0.288. The molecule has 1 aromatic carbocycles. The number of hydrogen-bond donors (Lipinski definition) is 0. The maximum Gasteiger partial charge on any atom is 0.111 e. The van der Waals surface area contributed by atoms with Crippen LogP contribution in [0.1, 0.15) is 23.9 Å². The molecule has 1 fully saturated rings. The zero-order valence-electron chi connectivity index (χ0n) is 9.47. The third-order valence-corrected chi connectivity index (χ3v) is 4.37. The molecule has 2 heterocycles. The minimum atomic E-state index is 0.354. The lowest BCUT2D eigenvalue weighted by Gasteiger charge is -2.18. The molecule has 2 aromatic rings. The van der Waals surface area contributed by atoms with Crippen molar-refractivity contribution >= 4 is 21.6 Å². The molecule has 0 saturated carbocycles. The van der Waals surface area contributed by atoms with Crippen molar-refractivity contribution in [2.75, 3.05) is 13.1 Å². The smallest absolute Gasteiger partial charge is 0.111 e. The summed E-state index contributed by atoms with van der Waals surface area (Å²) in [4.78, 5) is 6.93. The maximum absolute atomic E-state index is 8.82. The zero-order valence-corrected chi connectivity index (χ0v) is 10.3. The van der Waals surface area contributed by atoms with Gasteiger partial charge in [-0.15, -0.1) is 11.3 Å². The average Bonchev–Trinajstić information content (AvgIpc) is 2.94. The van der Waals surface area contributed by atoms with Gasteiger partial charge in [-0.1, -0.05) is 12.1 Å². The first-order valence-electron chi connectivity index (χ1n) is 5.85. The van der Waals surface area contributed by atoms with Crippen LogP contribution in [0.4, 0.5) is 0 Å². The highest BCUT2D eigenvalue weighted by atomic mass is 32.1. The number of nitrogens with zero attached hydrogens (tertiary/aromatic N) is 3. The zero-order chi connectivity index (χ0) is 11.7.